The molecule has 0 aliphatic heterocycles. The van der Waals surface area contributed by atoms with Crippen molar-refractivity contribution in [3.05, 3.63) is 0 Å². The van der Waals surface area contributed by atoms with Gasteiger partial charge >= 0.3 is 0 Å². The van der Waals surface area contributed by atoms with Gasteiger partial charge in [0.25, 0.3) is 7.82 Å². The summed E-state index contributed by atoms with van der Waals surface area (Å²) in [6.07, 6.45) is 6.63. The van der Waals surface area contributed by atoms with E-state index in [1.807, 2.05) is 21.1 Å². The molecule has 0 bridgehead atoms. The summed E-state index contributed by atoms with van der Waals surface area (Å²) in [5, 5.41) is 13.2. The average molecular weight is 439 g/mol. The van der Waals surface area contributed by atoms with E-state index in [0.717, 1.165) is 44.9 Å². The lowest BCUT2D eigenvalue weighted by Gasteiger charge is -2.30. The van der Waals surface area contributed by atoms with Crippen LogP contribution in [-0.4, -0.2) is 68.5 Å². The zero-order valence-electron chi connectivity index (χ0n) is 19.0. The molecule has 0 aliphatic carbocycles. The van der Waals surface area contributed by atoms with Gasteiger partial charge in [-0.25, -0.2) is 0 Å². The number of rotatable bonds is 18. The predicted molar refractivity (Wildman–Crippen MR) is 113 cm³/mol. The van der Waals surface area contributed by atoms with Crippen LogP contribution in [0.3, 0.4) is 0 Å². The molecule has 3 unspecified atom stereocenters. The molecule has 0 spiro atoms. The minimum atomic E-state index is -4.50. The summed E-state index contributed by atoms with van der Waals surface area (Å²) in [4.78, 5) is 24.2. The zero-order chi connectivity index (χ0) is 22.3. The van der Waals surface area contributed by atoms with Crippen LogP contribution < -0.4 is 10.2 Å². The van der Waals surface area contributed by atoms with Crippen LogP contribution in [0.1, 0.15) is 71.6 Å². The Hall–Kier alpha value is -0.500. The number of hydrogen-bond acceptors (Lipinski definition) is 6. The summed E-state index contributed by atoms with van der Waals surface area (Å²) >= 11 is 0. The molecular weight excluding hydrogens is 395 g/mol. The number of likely N-dealkylation sites (N-methyl/N-ethyl adjacent to an activating group) is 1. The molecular formula is C20H43N2O6P. The van der Waals surface area contributed by atoms with Gasteiger partial charge in [0.1, 0.15) is 13.2 Å². The third-order valence-corrected chi connectivity index (χ3v) is 5.56. The number of amides is 1. The lowest BCUT2D eigenvalue weighted by molar-refractivity contribution is -0.870. The number of nitrogens with zero attached hydrogens (tertiary/aromatic N) is 1. The Morgan fingerprint density at radius 3 is 2.28 bits per heavy atom. The van der Waals surface area contributed by atoms with Gasteiger partial charge in [0, 0.05) is 6.42 Å². The minimum absolute atomic E-state index is 0.0118. The van der Waals surface area contributed by atoms with Crippen LogP contribution in [0, 0.1) is 0 Å². The van der Waals surface area contributed by atoms with E-state index in [0.29, 0.717) is 23.9 Å². The van der Waals surface area contributed by atoms with Crippen molar-refractivity contribution in [2.45, 2.75) is 83.8 Å². The Bertz CT molecular complexity index is 484. The summed E-state index contributed by atoms with van der Waals surface area (Å²) in [5.74, 6) is -0.202. The number of aliphatic hydroxyl groups excluding tert-OH is 1. The first-order chi connectivity index (χ1) is 13.5. The van der Waals surface area contributed by atoms with Crippen molar-refractivity contribution in [1.82, 2.24) is 5.32 Å². The first kappa shape index (κ1) is 28.5. The molecule has 0 heterocycles. The fraction of sp³-hybridized carbons (Fsp3) is 0.950. The highest BCUT2D eigenvalue weighted by molar-refractivity contribution is 7.45. The molecule has 0 aromatic rings. The first-order valence-electron chi connectivity index (χ1n) is 10.9. The fourth-order valence-corrected chi connectivity index (χ4v) is 3.40. The third kappa shape index (κ3) is 16.9. The molecule has 0 fully saturated rings. The van der Waals surface area contributed by atoms with Crippen LogP contribution in [0.5, 0.6) is 0 Å². The Balaban J connectivity index is 4.68. The molecule has 0 aliphatic rings. The van der Waals surface area contributed by atoms with Crippen LogP contribution in [0.25, 0.3) is 0 Å². The lowest BCUT2D eigenvalue weighted by Crippen LogP contribution is -2.46. The lowest BCUT2D eigenvalue weighted by atomic mass is 10.0. The molecule has 0 aromatic heterocycles. The van der Waals surface area contributed by atoms with Gasteiger partial charge in [-0.1, -0.05) is 52.4 Å². The van der Waals surface area contributed by atoms with Gasteiger partial charge in [0.2, 0.25) is 5.91 Å². The maximum atomic E-state index is 12.2. The minimum Gasteiger partial charge on any atom is -0.756 e. The summed E-state index contributed by atoms with van der Waals surface area (Å²) in [7, 11) is 1.29. The van der Waals surface area contributed by atoms with Gasteiger partial charge in [-0.3, -0.25) is 9.36 Å². The number of unbranched alkanes of at least 4 members (excludes halogenated alkanes) is 5. The van der Waals surface area contributed by atoms with Gasteiger partial charge in [-0.05, 0) is 12.8 Å². The molecule has 174 valence electrons. The van der Waals surface area contributed by atoms with Gasteiger partial charge in [0.05, 0.1) is 39.9 Å². The highest BCUT2D eigenvalue weighted by Gasteiger charge is 2.24. The normalized spacial score (nSPS) is 16.2. The largest absolute Gasteiger partial charge is 0.756 e. The van der Waals surface area contributed by atoms with E-state index in [-0.39, 0.29) is 19.1 Å². The van der Waals surface area contributed by atoms with Crippen LogP contribution in [-0.2, 0) is 18.4 Å². The zero-order valence-corrected chi connectivity index (χ0v) is 19.9. The fourth-order valence-electron chi connectivity index (χ4n) is 2.68. The van der Waals surface area contributed by atoms with Gasteiger partial charge < -0.3 is 28.8 Å². The SMILES string of the molecule is CCCCCCC(O)C(COP(=O)([O-])OCC[N+](C)(C)C)NC(=O)CCCCC. The number of aliphatic hydroxyl groups is 1. The van der Waals surface area contributed by atoms with E-state index >= 15 is 0 Å². The van der Waals surface area contributed by atoms with Gasteiger partial charge in [-0.15, -0.1) is 0 Å². The molecule has 29 heavy (non-hydrogen) atoms. The van der Waals surface area contributed by atoms with E-state index in [4.69, 9.17) is 9.05 Å². The Labute approximate surface area is 177 Å². The van der Waals surface area contributed by atoms with Crippen LogP contribution in [0.15, 0.2) is 0 Å². The standard InChI is InChI=1S/C20H43N2O6P/c1-6-8-10-12-13-19(23)18(21-20(24)14-11-9-7-2)17-28-29(25,26)27-16-15-22(3,4)5/h18-19,23H,6-17H2,1-5H3,(H-,21,24,25,26). The molecule has 0 saturated carbocycles. The number of carbonyl (C=O) groups excluding carboxylic acids is 1. The predicted octanol–water partition coefficient (Wildman–Crippen LogP) is 2.59. The molecule has 1 amide bonds. The van der Waals surface area contributed by atoms with Crippen LogP contribution in [0.2, 0.25) is 0 Å². The van der Waals surface area contributed by atoms with E-state index in [2.05, 4.69) is 19.2 Å². The number of phosphoric acid groups is 1. The second-order valence-corrected chi connectivity index (χ2v) is 10.0. The Morgan fingerprint density at radius 1 is 1.07 bits per heavy atom. The van der Waals surface area contributed by atoms with Gasteiger partial charge in [0.15, 0.2) is 0 Å². The van der Waals surface area contributed by atoms with E-state index in [1.54, 1.807) is 0 Å². The molecule has 8 nitrogen and oxygen atoms in total. The van der Waals surface area contributed by atoms with Crippen LogP contribution >= 0.6 is 7.82 Å². The molecule has 3 atom stereocenters. The topological polar surface area (TPSA) is 108 Å². The van der Waals surface area contributed by atoms with Crippen molar-refractivity contribution in [1.29, 1.82) is 0 Å². The average Bonchev–Trinajstić information content (AvgIpc) is 2.61. The summed E-state index contributed by atoms with van der Waals surface area (Å²) in [6.45, 7) is 4.34. The smallest absolute Gasteiger partial charge is 0.268 e. The number of hydrogen-bond donors (Lipinski definition) is 2. The van der Waals surface area contributed by atoms with Crippen molar-refractivity contribution in [2.24, 2.45) is 0 Å². The van der Waals surface area contributed by atoms with Crippen LogP contribution in [0.4, 0.5) is 0 Å². The molecule has 9 heteroatoms. The first-order valence-corrected chi connectivity index (χ1v) is 12.3. The second kappa shape index (κ2) is 15.3. The molecule has 0 saturated heterocycles. The molecule has 0 radical (unpaired) electrons. The maximum absolute atomic E-state index is 12.2. The molecule has 0 aromatic carbocycles. The van der Waals surface area contributed by atoms with E-state index in [9.17, 15) is 19.4 Å². The summed E-state index contributed by atoms with van der Waals surface area (Å²) < 4.78 is 22.5. The monoisotopic (exact) mass is 438 g/mol. The summed E-state index contributed by atoms with van der Waals surface area (Å²) in [5.41, 5.74) is 0. The van der Waals surface area contributed by atoms with E-state index in [1.165, 1.54) is 0 Å². The number of quaternary nitrogens is 1. The Morgan fingerprint density at radius 2 is 1.69 bits per heavy atom. The highest BCUT2D eigenvalue weighted by Crippen LogP contribution is 2.38. The highest BCUT2D eigenvalue weighted by atomic mass is 31.2. The molecule has 2 N–H and O–H groups in total. The van der Waals surface area contributed by atoms with E-state index < -0.39 is 20.0 Å². The second-order valence-electron chi connectivity index (χ2n) is 8.64. The maximum Gasteiger partial charge on any atom is 0.268 e. The van der Waals surface area contributed by atoms with Crippen molar-refractivity contribution in [2.75, 3.05) is 40.9 Å². The van der Waals surface area contributed by atoms with Gasteiger partial charge in [-0.2, -0.15) is 0 Å². The van der Waals surface area contributed by atoms with Crippen molar-refractivity contribution < 1.29 is 32.9 Å². The molecule has 0 rings (SSSR count). The quantitative estimate of drug-likeness (QED) is 0.193. The number of carbonyl (C=O) groups is 1. The third-order valence-electron chi connectivity index (χ3n) is 4.60. The summed E-state index contributed by atoms with van der Waals surface area (Å²) in [6, 6.07) is -0.782. The van der Waals surface area contributed by atoms with Crippen molar-refractivity contribution >= 4 is 13.7 Å². The van der Waals surface area contributed by atoms with Crippen molar-refractivity contribution in [3.63, 3.8) is 0 Å². The number of phosphoric ester groups is 1. The van der Waals surface area contributed by atoms with Crippen molar-refractivity contribution in [3.8, 4) is 0 Å². The number of nitrogens with one attached hydrogen (secondary N) is 1. The Kier molecular flexibility index (Phi) is 15.1.